The molecule has 1 saturated heterocycles. The Hall–Kier alpha value is -2.48. The lowest BCUT2D eigenvalue weighted by atomic mass is 9.79. The van der Waals surface area contributed by atoms with E-state index in [1.165, 1.54) is 0 Å². The van der Waals surface area contributed by atoms with Crippen molar-refractivity contribution < 1.29 is 14.0 Å². The summed E-state index contributed by atoms with van der Waals surface area (Å²) >= 11 is 0. The summed E-state index contributed by atoms with van der Waals surface area (Å²) in [6.45, 7) is 2.35. The smallest absolute Gasteiger partial charge is 0.235 e. The third-order valence-electron chi connectivity index (χ3n) is 4.83. The van der Waals surface area contributed by atoms with Gasteiger partial charge in [-0.2, -0.15) is 4.98 Å². The molecule has 0 atom stereocenters. The van der Waals surface area contributed by atoms with Crippen molar-refractivity contribution in [2.24, 2.45) is 0 Å². The summed E-state index contributed by atoms with van der Waals surface area (Å²) in [4.78, 5) is 9.04. The predicted octanol–water partition coefficient (Wildman–Crippen LogP) is 3.61. The highest BCUT2D eigenvalue weighted by Crippen LogP contribution is 2.35. The van der Waals surface area contributed by atoms with Gasteiger partial charge in [-0.3, -0.25) is 0 Å². The normalized spacial score (nSPS) is 15.6. The standard InChI is InChI=1S/C20H22N4O3.ClH/c1-25-14-20(9-12-21-13-10-20)19-23-17(24-27-19)16-8-5-11-22-18(16)26-15-6-3-2-4-7-15;/h2-8,11,21H,9-10,12-14H2,1H3;1H. The van der Waals surface area contributed by atoms with Gasteiger partial charge in [0.25, 0.3) is 0 Å². The summed E-state index contributed by atoms with van der Waals surface area (Å²) in [5.74, 6) is 2.23. The highest BCUT2D eigenvalue weighted by molar-refractivity contribution is 5.85. The zero-order chi connectivity index (χ0) is 18.5. The Morgan fingerprint density at radius 2 is 1.89 bits per heavy atom. The second kappa shape index (κ2) is 9.14. The van der Waals surface area contributed by atoms with Gasteiger partial charge in [0.05, 0.1) is 17.6 Å². The lowest BCUT2D eigenvalue weighted by Gasteiger charge is -2.33. The fourth-order valence-electron chi connectivity index (χ4n) is 3.39. The summed E-state index contributed by atoms with van der Waals surface area (Å²) in [5, 5.41) is 7.58. The number of nitrogens with zero attached hydrogens (tertiary/aromatic N) is 3. The van der Waals surface area contributed by atoms with E-state index in [2.05, 4.69) is 15.5 Å². The van der Waals surface area contributed by atoms with E-state index in [-0.39, 0.29) is 17.8 Å². The van der Waals surface area contributed by atoms with Crippen LogP contribution in [-0.4, -0.2) is 41.9 Å². The molecule has 0 radical (unpaired) electrons. The van der Waals surface area contributed by atoms with Crippen molar-refractivity contribution in [1.29, 1.82) is 0 Å². The van der Waals surface area contributed by atoms with E-state index in [9.17, 15) is 0 Å². The second-order valence-electron chi connectivity index (χ2n) is 6.66. The van der Waals surface area contributed by atoms with E-state index in [0.29, 0.717) is 35.5 Å². The Balaban J connectivity index is 0.00000225. The number of rotatable bonds is 6. The number of aromatic nitrogens is 3. The molecule has 0 amide bonds. The molecule has 0 saturated carbocycles. The maximum Gasteiger partial charge on any atom is 0.235 e. The van der Waals surface area contributed by atoms with Crippen LogP contribution < -0.4 is 10.1 Å². The molecule has 1 N–H and O–H groups in total. The van der Waals surface area contributed by atoms with Crippen LogP contribution in [0.3, 0.4) is 0 Å². The number of ether oxygens (including phenoxy) is 2. The summed E-state index contributed by atoms with van der Waals surface area (Å²) in [5.41, 5.74) is 0.436. The highest BCUT2D eigenvalue weighted by atomic mass is 35.5. The van der Waals surface area contributed by atoms with Crippen LogP contribution in [0.15, 0.2) is 53.2 Å². The molecule has 0 unspecified atom stereocenters. The Labute approximate surface area is 169 Å². The first-order valence-electron chi connectivity index (χ1n) is 9.03. The van der Waals surface area contributed by atoms with Crippen molar-refractivity contribution in [3.63, 3.8) is 0 Å². The van der Waals surface area contributed by atoms with E-state index in [0.717, 1.165) is 25.9 Å². The maximum atomic E-state index is 5.92. The molecule has 1 aliphatic rings. The molecule has 7 nitrogen and oxygen atoms in total. The van der Waals surface area contributed by atoms with Crippen molar-refractivity contribution in [3.05, 3.63) is 54.6 Å². The van der Waals surface area contributed by atoms with Gasteiger partial charge in [-0.1, -0.05) is 23.4 Å². The van der Waals surface area contributed by atoms with Crippen molar-refractivity contribution in [3.8, 4) is 23.0 Å². The number of benzene rings is 1. The first-order chi connectivity index (χ1) is 13.3. The van der Waals surface area contributed by atoms with Crippen molar-refractivity contribution >= 4 is 12.4 Å². The quantitative estimate of drug-likeness (QED) is 0.674. The lowest BCUT2D eigenvalue weighted by Crippen LogP contribution is -2.43. The molecular weight excluding hydrogens is 380 g/mol. The van der Waals surface area contributed by atoms with Gasteiger partial charge in [-0.05, 0) is 50.2 Å². The number of halogens is 1. The summed E-state index contributed by atoms with van der Waals surface area (Å²) in [7, 11) is 1.70. The average Bonchev–Trinajstić information content (AvgIpc) is 3.21. The van der Waals surface area contributed by atoms with E-state index >= 15 is 0 Å². The molecule has 148 valence electrons. The van der Waals surface area contributed by atoms with Gasteiger partial charge in [-0.25, -0.2) is 4.98 Å². The van der Waals surface area contributed by atoms with Crippen LogP contribution in [0.2, 0.25) is 0 Å². The van der Waals surface area contributed by atoms with Crippen molar-refractivity contribution in [2.75, 3.05) is 26.8 Å². The average molecular weight is 403 g/mol. The topological polar surface area (TPSA) is 82.3 Å². The molecule has 2 aromatic heterocycles. The first-order valence-corrected chi connectivity index (χ1v) is 9.03. The Morgan fingerprint density at radius 1 is 1.11 bits per heavy atom. The van der Waals surface area contributed by atoms with Crippen LogP contribution in [0.25, 0.3) is 11.4 Å². The summed E-state index contributed by atoms with van der Waals surface area (Å²) in [6, 6.07) is 13.2. The molecule has 28 heavy (non-hydrogen) atoms. The zero-order valence-electron chi connectivity index (χ0n) is 15.6. The van der Waals surface area contributed by atoms with Crippen molar-refractivity contribution in [2.45, 2.75) is 18.3 Å². The van der Waals surface area contributed by atoms with Gasteiger partial charge in [0.2, 0.25) is 17.6 Å². The van der Waals surface area contributed by atoms with E-state index in [4.69, 9.17) is 19.0 Å². The summed E-state index contributed by atoms with van der Waals surface area (Å²) < 4.78 is 17.1. The van der Waals surface area contributed by atoms with E-state index < -0.39 is 0 Å². The minimum atomic E-state index is -0.256. The molecule has 3 aromatic rings. The number of hydrogen-bond donors (Lipinski definition) is 1. The molecule has 1 aromatic carbocycles. The maximum absolute atomic E-state index is 5.92. The minimum Gasteiger partial charge on any atom is -0.438 e. The number of methoxy groups -OCH3 is 1. The van der Waals surface area contributed by atoms with Crippen molar-refractivity contribution in [1.82, 2.24) is 20.4 Å². The van der Waals surface area contributed by atoms with Gasteiger partial charge >= 0.3 is 0 Å². The van der Waals surface area contributed by atoms with Crippen LogP contribution in [0.1, 0.15) is 18.7 Å². The minimum absolute atomic E-state index is 0. The van der Waals surface area contributed by atoms with Gasteiger partial charge in [0, 0.05) is 13.3 Å². The van der Waals surface area contributed by atoms with Crippen LogP contribution in [0.4, 0.5) is 0 Å². The fourth-order valence-corrected chi connectivity index (χ4v) is 3.39. The Kier molecular flexibility index (Phi) is 6.61. The second-order valence-corrected chi connectivity index (χ2v) is 6.66. The summed E-state index contributed by atoms with van der Waals surface area (Å²) in [6.07, 6.45) is 3.47. The van der Waals surface area contributed by atoms with E-state index in [1.54, 1.807) is 13.3 Å². The monoisotopic (exact) mass is 402 g/mol. The molecule has 0 spiro atoms. The SMILES string of the molecule is COCC1(c2nc(-c3cccnc3Oc3ccccc3)no2)CCNCC1.Cl. The Morgan fingerprint density at radius 3 is 2.64 bits per heavy atom. The predicted molar refractivity (Wildman–Crippen MR) is 107 cm³/mol. The first kappa shape index (κ1) is 20.3. The van der Waals surface area contributed by atoms with Gasteiger partial charge in [0.1, 0.15) is 5.75 Å². The van der Waals surface area contributed by atoms with Gasteiger partial charge < -0.3 is 19.3 Å². The number of pyridine rings is 1. The fraction of sp³-hybridized carbons (Fsp3) is 0.350. The largest absolute Gasteiger partial charge is 0.438 e. The highest BCUT2D eigenvalue weighted by Gasteiger charge is 2.39. The molecule has 1 fully saturated rings. The van der Waals surface area contributed by atoms with E-state index in [1.807, 2.05) is 42.5 Å². The van der Waals surface area contributed by atoms with Crippen LogP contribution >= 0.6 is 12.4 Å². The third kappa shape index (κ3) is 4.16. The van der Waals surface area contributed by atoms with Gasteiger partial charge in [0.15, 0.2) is 0 Å². The van der Waals surface area contributed by atoms with Crippen LogP contribution in [0.5, 0.6) is 11.6 Å². The van der Waals surface area contributed by atoms with Crippen LogP contribution in [0, 0.1) is 0 Å². The number of piperidine rings is 1. The third-order valence-corrected chi connectivity index (χ3v) is 4.83. The molecule has 1 aliphatic heterocycles. The number of hydrogen-bond acceptors (Lipinski definition) is 7. The number of nitrogens with one attached hydrogen (secondary N) is 1. The number of para-hydroxylation sites is 1. The molecule has 4 rings (SSSR count). The van der Waals surface area contributed by atoms with Gasteiger partial charge in [-0.15, -0.1) is 12.4 Å². The molecule has 0 bridgehead atoms. The van der Waals surface area contributed by atoms with Crippen LogP contribution in [-0.2, 0) is 10.2 Å². The molecular formula is C20H23ClN4O3. The molecule has 0 aliphatic carbocycles. The Bertz CT molecular complexity index is 876. The molecule has 8 heteroatoms. The zero-order valence-corrected chi connectivity index (χ0v) is 16.4. The lowest BCUT2D eigenvalue weighted by molar-refractivity contribution is 0.0850. The molecule has 3 heterocycles.